The van der Waals surface area contributed by atoms with Gasteiger partial charge in [0.2, 0.25) is 0 Å². The van der Waals surface area contributed by atoms with Crippen LogP contribution in [0.2, 0.25) is 0 Å². The first-order chi connectivity index (χ1) is 11.1. The highest BCUT2D eigenvalue weighted by molar-refractivity contribution is 5.94. The van der Waals surface area contributed by atoms with Gasteiger partial charge in [0.1, 0.15) is 0 Å². The number of carbonyl (C=O) groups excluding carboxylic acids is 1. The number of nitrogens with zero attached hydrogens (tertiary/aromatic N) is 3. The number of hydrogen-bond donors (Lipinski definition) is 2. The fraction of sp³-hybridized carbons (Fsp3) is 0. The van der Waals surface area contributed by atoms with E-state index in [1.807, 2.05) is 6.07 Å². The van der Waals surface area contributed by atoms with Gasteiger partial charge < -0.3 is 10.2 Å². The number of hydrogen-bond acceptors (Lipinski definition) is 4. The van der Waals surface area contributed by atoms with Gasteiger partial charge in [0.05, 0.1) is 11.4 Å². The smallest absolute Gasteiger partial charge is 0.295 e. The SMILES string of the molecule is O=C(N=Nc1ccc(-n2c(O)ccc2O)cc1)c1ccccc1. The van der Waals surface area contributed by atoms with E-state index in [4.69, 9.17) is 0 Å². The monoisotopic (exact) mass is 307 g/mol. The molecule has 2 aromatic carbocycles. The second-order valence-corrected chi connectivity index (χ2v) is 4.77. The van der Waals surface area contributed by atoms with Gasteiger partial charge in [-0.3, -0.25) is 9.36 Å². The fourth-order valence-corrected chi connectivity index (χ4v) is 2.09. The first-order valence-electron chi connectivity index (χ1n) is 6.86. The summed E-state index contributed by atoms with van der Waals surface area (Å²) >= 11 is 0. The zero-order valence-corrected chi connectivity index (χ0v) is 12.0. The van der Waals surface area contributed by atoms with Crippen molar-refractivity contribution < 1.29 is 15.0 Å². The Kier molecular flexibility index (Phi) is 3.88. The van der Waals surface area contributed by atoms with Crippen molar-refractivity contribution in [3.63, 3.8) is 0 Å². The third-order valence-electron chi connectivity index (χ3n) is 3.22. The molecule has 6 nitrogen and oxygen atoms in total. The first kappa shape index (κ1) is 14.5. The van der Waals surface area contributed by atoms with Crippen molar-refractivity contribution >= 4 is 11.6 Å². The molecule has 2 N–H and O–H groups in total. The molecule has 0 saturated carbocycles. The Morgan fingerprint density at radius 2 is 1.43 bits per heavy atom. The average Bonchev–Trinajstić information content (AvgIpc) is 2.93. The molecule has 1 amide bonds. The molecule has 6 heteroatoms. The fourth-order valence-electron chi connectivity index (χ4n) is 2.09. The van der Waals surface area contributed by atoms with Crippen LogP contribution in [-0.2, 0) is 0 Å². The Balaban J connectivity index is 1.78. The molecule has 1 aromatic heterocycles. The van der Waals surface area contributed by atoms with Crippen LogP contribution < -0.4 is 0 Å². The van der Waals surface area contributed by atoms with Crippen molar-refractivity contribution in [2.24, 2.45) is 10.2 Å². The number of benzene rings is 2. The summed E-state index contributed by atoms with van der Waals surface area (Å²) in [5.41, 5.74) is 1.53. The van der Waals surface area contributed by atoms with Gasteiger partial charge in [0.15, 0.2) is 11.8 Å². The van der Waals surface area contributed by atoms with E-state index in [-0.39, 0.29) is 11.8 Å². The highest BCUT2D eigenvalue weighted by atomic mass is 16.3. The highest BCUT2D eigenvalue weighted by Crippen LogP contribution is 2.27. The van der Waals surface area contributed by atoms with Crippen LogP contribution in [0, 0.1) is 0 Å². The summed E-state index contributed by atoms with van der Waals surface area (Å²) in [5, 5.41) is 26.9. The molecule has 0 radical (unpaired) electrons. The molecule has 23 heavy (non-hydrogen) atoms. The highest BCUT2D eigenvalue weighted by Gasteiger charge is 2.08. The number of amides is 1. The van der Waals surface area contributed by atoms with Crippen molar-refractivity contribution in [3.8, 4) is 17.4 Å². The van der Waals surface area contributed by atoms with Gasteiger partial charge in [0.25, 0.3) is 5.91 Å². The number of rotatable bonds is 3. The Morgan fingerprint density at radius 1 is 0.826 bits per heavy atom. The van der Waals surface area contributed by atoms with Crippen LogP contribution in [0.1, 0.15) is 10.4 Å². The van der Waals surface area contributed by atoms with Crippen LogP contribution in [-0.4, -0.2) is 20.7 Å². The summed E-state index contributed by atoms with van der Waals surface area (Å²) in [6.07, 6.45) is 0. The third-order valence-corrected chi connectivity index (χ3v) is 3.22. The van der Waals surface area contributed by atoms with Crippen molar-refractivity contribution in [1.29, 1.82) is 0 Å². The molecule has 0 fully saturated rings. The third kappa shape index (κ3) is 3.11. The van der Waals surface area contributed by atoms with E-state index in [9.17, 15) is 15.0 Å². The molecule has 0 saturated heterocycles. The van der Waals surface area contributed by atoms with Crippen LogP contribution in [0.25, 0.3) is 5.69 Å². The Morgan fingerprint density at radius 3 is 2.04 bits per heavy atom. The number of carbonyl (C=O) groups is 1. The van der Waals surface area contributed by atoms with Crippen LogP contribution in [0.15, 0.2) is 77.0 Å². The zero-order chi connectivity index (χ0) is 16.2. The molecule has 0 aliphatic carbocycles. The molecule has 0 spiro atoms. The predicted octanol–water partition coefficient (Wildman–Crippen LogP) is 3.81. The summed E-state index contributed by atoms with van der Waals surface area (Å²) in [4.78, 5) is 11.8. The lowest BCUT2D eigenvalue weighted by molar-refractivity contribution is 0.0995. The van der Waals surface area contributed by atoms with Crippen molar-refractivity contribution in [3.05, 3.63) is 72.3 Å². The van der Waals surface area contributed by atoms with E-state index in [0.29, 0.717) is 16.9 Å². The van der Waals surface area contributed by atoms with Gasteiger partial charge in [-0.05, 0) is 36.4 Å². The predicted molar refractivity (Wildman–Crippen MR) is 84.4 cm³/mol. The van der Waals surface area contributed by atoms with E-state index in [1.165, 1.54) is 16.7 Å². The van der Waals surface area contributed by atoms with Crippen LogP contribution in [0.3, 0.4) is 0 Å². The molecule has 0 bridgehead atoms. The van der Waals surface area contributed by atoms with Crippen molar-refractivity contribution in [2.45, 2.75) is 0 Å². The van der Waals surface area contributed by atoms with E-state index < -0.39 is 5.91 Å². The molecule has 1 heterocycles. The largest absolute Gasteiger partial charge is 0.494 e. The van der Waals surface area contributed by atoms with Gasteiger partial charge >= 0.3 is 0 Å². The molecule has 0 aliphatic heterocycles. The van der Waals surface area contributed by atoms with Gasteiger partial charge in [0, 0.05) is 17.7 Å². The summed E-state index contributed by atoms with van der Waals surface area (Å²) in [5.74, 6) is -0.567. The molecule has 0 aliphatic rings. The second-order valence-electron chi connectivity index (χ2n) is 4.77. The Hall–Kier alpha value is -3.41. The number of aromatic nitrogens is 1. The number of azo groups is 1. The summed E-state index contributed by atoms with van der Waals surface area (Å²) in [6.45, 7) is 0. The van der Waals surface area contributed by atoms with Gasteiger partial charge in [-0.15, -0.1) is 10.2 Å². The minimum atomic E-state index is -0.421. The minimum absolute atomic E-state index is 0.0730. The first-order valence-corrected chi connectivity index (χ1v) is 6.86. The maximum absolute atomic E-state index is 11.8. The standard InChI is InChI=1S/C17H13N3O3/c21-15-10-11-16(22)20(15)14-8-6-13(7-9-14)18-19-17(23)12-4-2-1-3-5-12/h1-11,21-22H. The topological polar surface area (TPSA) is 87.2 Å². The second kappa shape index (κ2) is 6.15. The quantitative estimate of drug-likeness (QED) is 0.721. The van der Waals surface area contributed by atoms with Crippen molar-refractivity contribution in [1.82, 2.24) is 4.57 Å². The maximum Gasteiger partial charge on any atom is 0.295 e. The van der Waals surface area contributed by atoms with Gasteiger partial charge in [-0.1, -0.05) is 18.2 Å². The molecular formula is C17H13N3O3. The normalized spacial score (nSPS) is 11.0. The van der Waals surface area contributed by atoms with Gasteiger partial charge in [-0.25, -0.2) is 0 Å². The zero-order valence-electron chi connectivity index (χ0n) is 12.0. The summed E-state index contributed by atoms with van der Waals surface area (Å²) < 4.78 is 1.27. The van der Waals surface area contributed by atoms with E-state index >= 15 is 0 Å². The average molecular weight is 307 g/mol. The number of aromatic hydroxyl groups is 2. The van der Waals surface area contributed by atoms with Crippen LogP contribution >= 0.6 is 0 Å². The molecule has 3 rings (SSSR count). The molecule has 114 valence electrons. The van der Waals surface area contributed by atoms with E-state index in [0.717, 1.165) is 0 Å². The van der Waals surface area contributed by atoms with Crippen LogP contribution in [0.5, 0.6) is 11.8 Å². The maximum atomic E-state index is 11.8. The van der Waals surface area contributed by atoms with Crippen molar-refractivity contribution in [2.75, 3.05) is 0 Å². The molecule has 0 atom stereocenters. The lowest BCUT2D eigenvalue weighted by atomic mass is 10.2. The van der Waals surface area contributed by atoms with E-state index in [1.54, 1.807) is 48.5 Å². The molecular weight excluding hydrogens is 294 g/mol. The summed E-state index contributed by atoms with van der Waals surface area (Å²) in [6, 6.07) is 18.0. The lowest BCUT2D eigenvalue weighted by Gasteiger charge is -2.06. The summed E-state index contributed by atoms with van der Waals surface area (Å²) in [7, 11) is 0. The Labute approximate surface area is 132 Å². The Bertz CT molecular complexity index is 833. The molecule has 3 aromatic rings. The van der Waals surface area contributed by atoms with Crippen LogP contribution in [0.4, 0.5) is 5.69 Å². The van der Waals surface area contributed by atoms with Gasteiger partial charge in [-0.2, -0.15) is 0 Å². The van der Waals surface area contributed by atoms with E-state index in [2.05, 4.69) is 10.2 Å². The lowest BCUT2D eigenvalue weighted by Crippen LogP contribution is -1.92. The minimum Gasteiger partial charge on any atom is -0.494 e. The molecule has 0 unspecified atom stereocenters.